The minimum Gasteiger partial charge on any atom is -0.348 e. The SMILES string of the molecule is CN(C)C(=O)CN1CCCN(C(=O)c2cnn(-c3cccc(C(F)(F)F)c3)c2C(F)(F)F)CC1. The highest BCUT2D eigenvalue weighted by Gasteiger charge is 2.42. The molecule has 2 heterocycles. The van der Waals surface area contributed by atoms with Gasteiger partial charge in [0.2, 0.25) is 5.91 Å². The molecular weight excluding hydrogens is 468 g/mol. The van der Waals surface area contributed by atoms with E-state index in [0.29, 0.717) is 23.7 Å². The van der Waals surface area contributed by atoms with E-state index in [4.69, 9.17) is 0 Å². The van der Waals surface area contributed by atoms with Crippen LogP contribution in [0, 0.1) is 0 Å². The van der Waals surface area contributed by atoms with Gasteiger partial charge in [-0.25, -0.2) is 4.68 Å². The molecule has 0 radical (unpaired) electrons. The van der Waals surface area contributed by atoms with E-state index < -0.39 is 40.8 Å². The van der Waals surface area contributed by atoms with Gasteiger partial charge in [-0.1, -0.05) is 6.07 Å². The molecule has 1 aromatic carbocycles. The molecule has 186 valence electrons. The van der Waals surface area contributed by atoms with E-state index in [0.717, 1.165) is 24.4 Å². The zero-order chi connectivity index (χ0) is 25.3. The summed E-state index contributed by atoms with van der Waals surface area (Å²) in [7, 11) is 3.22. The first-order valence-corrected chi connectivity index (χ1v) is 10.3. The molecule has 1 aliphatic rings. The Labute approximate surface area is 191 Å². The van der Waals surface area contributed by atoms with Crippen LogP contribution in [0.5, 0.6) is 0 Å². The lowest BCUT2D eigenvalue weighted by atomic mass is 10.1. The molecule has 2 aromatic rings. The highest BCUT2D eigenvalue weighted by atomic mass is 19.4. The van der Waals surface area contributed by atoms with Crippen LogP contribution in [0.2, 0.25) is 0 Å². The van der Waals surface area contributed by atoms with E-state index in [1.165, 1.54) is 9.80 Å². The van der Waals surface area contributed by atoms with E-state index in [2.05, 4.69) is 5.10 Å². The van der Waals surface area contributed by atoms with Crippen LogP contribution in [-0.4, -0.2) is 83.1 Å². The third kappa shape index (κ3) is 5.69. The summed E-state index contributed by atoms with van der Waals surface area (Å²) in [5.74, 6) is -1.06. The Morgan fingerprint density at radius 3 is 2.32 bits per heavy atom. The third-order valence-electron chi connectivity index (χ3n) is 5.42. The fourth-order valence-corrected chi connectivity index (χ4v) is 3.62. The standard InChI is InChI=1S/C21H23F6N5O2/c1-29(2)17(33)13-30-7-4-8-31(10-9-30)19(34)16-12-28-32(18(16)21(25,26)27)15-6-3-5-14(11-15)20(22,23)24/h3,5-6,11-12H,4,7-10,13H2,1-2H3. The van der Waals surface area contributed by atoms with Crippen LogP contribution in [0.3, 0.4) is 0 Å². The number of likely N-dealkylation sites (N-methyl/N-ethyl adjacent to an activating group) is 1. The van der Waals surface area contributed by atoms with Gasteiger partial charge < -0.3 is 9.80 Å². The van der Waals surface area contributed by atoms with Gasteiger partial charge in [0, 0.05) is 40.3 Å². The summed E-state index contributed by atoms with van der Waals surface area (Å²) in [5.41, 5.74) is -3.80. The molecule has 0 aliphatic carbocycles. The summed E-state index contributed by atoms with van der Waals surface area (Å²) in [4.78, 5) is 29.4. The molecule has 1 saturated heterocycles. The minimum atomic E-state index is -5.05. The maximum atomic E-state index is 13.9. The van der Waals surface area contributed by atoms with E-state index in [-0.39, 0.29) is 32.1 Å². The molecule has 0 spiro atoms. The molecule has 13 heteroatoms. The Balaban J connectivity index is 1.89. The Morgan fingerprint density at radius 2 is 1.71 bits per heavy atom. The number of rotatable bonds is 4. The van der Waals surface area contributed by atoms with Crippen molar-refractivity contribution in [2.75, 3.05) is 46.8 Å². The first kappa shape index (κ1) is 25.5. The van der Waals surface area contributed by atoms with Crippen LogP contribution >= 0.6 is 0 Å². The Morgan fingerprint density at radius 1 is 1.00 bits per heavy atom. The molecular formula is C21H23F6N5O2. The van der Waals surface area contributed by atoms with Crippen molar-refractivity contribution >= 4 is 11.8 Å². The van der Waals surface area contributed by atoms with Gasteiger partial charge >= 0.3 is 12.4 Å². The van der Waals surface area contributed by atoms with Gasteiger partial charge in [-0.2, -0.15) is 31.4 Å². The second-order valence-electron chi connectivity index (χ2n) is 8.07. The Hall–Kier alpha value is -3.09. The molecule has 0 bridgehead atoms. The number of alkyl halides is 6. The number of benzene rings is 1. The van der Waals surface area contributed by atoms with Gasteiger partial charge in [-0.3, -0.25) is 14.5 Å². The average Bonchev–Trinajstić information content (AvgIpc) is 3.08. The highest BCUT2D eigenvalue weighted by Crippen LogP contribution is 2.36. The monoisotopic (exact) mass is 491 g/mol. The van der Waals surface area contributed by atoms with Crippen molar-refractivity contribution in [3.63, 3.8) is 0 Å². The van der Waals surface area contributed by atoms with Crippen molar-refractivity contribution in [2.24, 2.45) is 0 Å². The first-order valence-electron chi connectivity index (χ1n) is 10.3. The van der Waals surface area contributed by atoms with Gasteiger partial charge in [-0.05, 0) is 24.6 Å². The van der Waals surface area contributed by atoms with E-state index in [1.807, 2.05) is 4.90 Å². The van der Waals surface area contributed by atoms with Crippen LogP contribution in [0.25, 0.3) is 5.69 Å². The van der Waals surface area contributed by atoms with Crippen molar-refractivity contribution in [1.82, 2.24) is 24.5 Å². The molecule has 1 fully saturated rings. The Bertz CT molecular complexity index is 1050. The van der Waals surface area contributed by atoms with Crippen LogP contribution in [0.15, 0.2) is 30.5 Å². The summed E-state index contributed by atoms with van der Waals surface area (Å²) >= 11 is 0. The average molecular weight is 491 g/mol. The maximum absolute atomic E-state index is 13.9. The van der Waals surface area contributed by atoms with E-state index in [1.54, 1.807) is 14.1 Å². The fraction of sp³-hybridized carbons (Fsp3) is 0.476. The number of amides is 2. The lowest BCUT2D eigenvalue weighted by molar-refractivity contribution is -0.143. The normalized spacial score (nSPS) is 15.8. The number of nitrogens with zero attached hydrogens (tertiary/aromatic N) is 5. The smallest absolute Gasteiger partial charge is 0.348 e. The molecule has 7 nitrogen and oxygen atoms in total. The van der Waals surface area contributed by atoms with Gasteiger partial charge in [0.25, 0.3) is 5.91 Å². The van der Waals surface area contributed by atoms with Gasteiger partial charge in [-0.15, -0.1) is 0 Å². The summed E-state index contributed by atoms with van der Waals surface area (Å²) in [6, 6.07) is 3.30. The molecule has 0 unspecified atom stereocenters. The quantitative estimate of drug-likeness (QED) is 0.617. The van der Waals surface area contributed by atoms with Crippen LogP contribution in [0.1, 0.15) is 28.0 Å². The zero-order valence-corrected chi connectivity index (χ0v) is 18.4. The van der Waals surface area contributed by atoms with Crippen molar-refractivity contribution in [3.8, 4) is 5.69 Å². The van der Waals surface area contributed by atoms with Crippen molar-refractivity contribution < 1.29 is 35.9 Å². The summed E-state index contributed by atoms with van der Waals surface area (Å²) < 4.78 is 81.3. The first-order chi connectivity index (χ1) is 15.8. The summed E-state index contributed by atoms with van der Waals surface area (Å²) in [6.07, 6.45) is -8.64. The van der Waals surface area contributed by atoms with Crippen molar-refractivity contribution in [3.05, 3.63) is 47.3 Å². The van der Waals surface area contributed by atoms with Crippen molar-refractivity contribution in [2.45, 2.75) is 18.8 Å². The van der Waals surface area contributed by atoms with Crippen LogP contribution in [-0.2, 0) is 17.1 Å². The molecule has 2 amide bonds. The van der Waals surface area contributed by atoms with Crippen molar-refractivity contribution in [1.29, 1.82) is 0 Å². The zero-order valence-electron chi connectivity index (χ0n) is 18.4. The predicted molar refractivity (Wildman–Crippen MR) is 109 cm³/mol. The summed E-state index contributed by atoms with van der Waals surface area (Å²) in [6.45, 7) is 1.15. The number of carbonyl (C=O) groups excluding carboxylic acids is 2. The fourth-order valence-electron chi connectivity index (χ4n) is 3.62. The number of hydrogen-bond acceptors (Lipinski definition) is 4. The lowest BCUT2D eigenvalue weighted by Gasteiger charge is -2.23. The number of aromatic nitrogens is 2. The summed E-state index contributed by atoms with van der Waals surface area (Å²) in [5, 5.41) is 3.61. The molecule has 34 heavy (non-hydrogen) atoms. The Kier molecular flexibility index (Phi) is 7.24. The van der Waals surface area contributed by atoms with Gasteiger partial charge in [0.1, 0.15) is 0 Å². The maximum Gasteiger partial charge on any atom is 0.434 e. The second kappa shape index (κ2) is 9.65. The predicted octanol–water partition coefficient (Wildman–Crippen LogP) is 3.15. The van der Waals surface area contributed by atoms with E-state index in [9.17, 15) is 35.9 Å². The number of carbonyl (C=O) groups is 2. The largest absolute Gasteiger partial charge is 0.434 e. The number of hydrogen-bond donors (Lipinski definition) is 0. The van der Waals surface area contributed by atoms with Crippen LogP contribution in [0.4, 0.5) is 26.3 Å². The van der Waals surface area contributed by atoms with Crippen LogP contribution < -0.4 is 0 Å². The van der Waals surface area contributed by atoms with Gasteiger partial charge in [0.05, 0.1) is 29.6 Å². The number of halogens is 6. The molecule has 1 aromatic heterocycles. The molecule has 0 saturated carbocycles. The third-order valence-corrected chi connectivity index (χ3v) is 5.42. The topological polar surface area (TPSA) is 61.7 Å². The molecule has 0 atom stereocenters. The second-order valence-corrected chi connectivity index (χ2v) is 8.07. The lowest BCUT2D eigenvalue weighted by Crippen LogP contribution is -2.39. The molecule has 0 N–H and O–H groups in total. The molecule has 3 rings (SSSR count). The minimum absolute atomic E-state index is 0.0889. The van der Waals surface area contributed by atoms with Gasteiger partial charge in [0.15, 0.2) is 5.69 Å². The van der Waals surface area contributed by atoms with E-state index >= 15 is 0 Å². The molecule has 1 aliphatic heterocycles. The highest BCUT2D eigenvalue weighted by molar-refractivity contribution is 5.95.